The zero-order valence-electron chi connectivity index (χ0n) is 10.4. The Morgan fingerprint density at radius 1 is 1.33 bits per heavy atom. The van der Waals surface area contributed by atoms with E-state index in [0.29, 0.717) is 0 Å². The number of benzene rings is 1. The van der Waals surface area contributed by atoms with Crippen molar-refractivity contribution in [3.8, 4) is 0 Å². The molecule has 4 nitrogen and oxygen atoms in total. The van der Waals surface area contributed by atoms with Crippen LogP contribution in [0.25, 0.3) is 6.08 Å². The first kappa shape index (κ1) is 14.4. The Labute approximate surface area is 107 Å². The van der Waals surface area contributed by atoms with Crippen LogP contribution in [0.15, 0.2) is 30.3 Å². The van der Waals surface area contributed by atoms with Crippen LogP contribution in [0.2, 0.25) is 0 Å². The molecular weight excluding hydrogens is 252 g/mol. The highest BCUT2D eigenvalue weighted by atomic mass is 32.2. The van der Waals surface area contributed by atoms with Crippen LogP contribution in [0.3, 0.4) is 0 Å². The quantitative estimate of drug-likeness (QED) is 0.764. The molecule has 18 heavy (non-hydrogen) atoms. The third-order valence-corrected chi connectivity index (χ3v) is 3.12. The van der Waals surface area contributed by atoms with Crippen molar-refractivity contribution in [3.05, 3.63) is 41.5 Å². The van der Waals surface area contributed by atoms with Crippen molar-refractivity contribution in [2.75, 3.05) is 13.4 Å². The Hall–Kier alpha value is -1.62. The summed E-state index contributed by atoms with van der Waals surface area (Å²) in [5, 5.41) is 0. The fraction of sp³-hybridized carbons (Fsp3) is 0.308. The molecular formula is C13H16O4S. The minimum absolute atomic E-state index is 0.00820. The fourth-order valence-electron chi connectivity index (χ4n) is 1.48. The first-order chi connectivity index (χ1) is 8.42. The molecule has 0 aliphatic heterocycles. The lowest BCUT2D eigenvalue weighted by Crippen LogP contribution is -2.02. The second kappa shape index (κ2) is 6.35. The molecule has 0 saturated carbocycles. The SMILES string of the molecule is COC(=O)CC=Cc1ccccc1CS(C)(=O)=O. The van der Waals surface area contributed by atoms with Gasteiger partial charge in [-0.15, -0.1) is 0 Å². The number of ether oxygens (including phenoxy) is 1. The second-order valence-corrected chi connectivity index (χ2v) is 6.09. The summed E-state index contributed by atoms with van der Waals surface area (Å²) in [6.45, 7) is 0. The molecule has 0 amide bonds. The van der Waals surface area contributed by atoms with E-state index in [-0.39, 0.29) is 18.1 Å². The van der Waals surface area contributed by atoms with E-state index in [1.54, 1.807) is 24.3 Å². The van der Waals surface area contributed by atoms with E-state index in [1.165, 1.54) is 13.4 Å². The summed E-state index contributed by atoms with van der Waals surface area (Å²) in [4.78, 5) is 10.9. The van der Waals surface area contributed by atoms with Crippen LogP contribution < -0.4 is 0 Å². The molecule has 1 aromatic rings. The maximum absolute atomic E-state index is 11.3. The smallest absolute Gasteiger partial charge is 0.309 e. The monoisotopic (exact) mass is 268 g/mol. The maximum Gasteiger partial charge on any atom is 0.309 e. The van der Waals surface area contributed by atoms with E-state index >= 15 is 0 Å². The summed E-state index contributed by atoms with van der Waals surface area (Å²) in [6.07, 6.45) is 4.76. The average molecular weight is 268 g/mol. The molecule has 5 heteroatoms. The maximum atomic E-state index is 11.3. The van der Waals surface area contributed by atoms with Gasteiger partial charge in [-0.25, -0.2) is 8.42 Å². The van der Waals surface area contributed by atoms with Gasteiger partial charge in [0.1, 0.15) is 0 Å². The summed E-state index contributed by atoms with van der Waals surface area (Å²) in [6, 6.07) is 7.19. The molecule has 1 rings (SSSR count). The zero-order valence-corrected chi connectivity index (χ0v) is 11.2. The topological polar surface area (TPSA) is 60.4 Å². The highest BCUT2D eigenvalue weighted by Gasteiger charge is 2.07. The van der Waals surface area contributed by atoms with Gasteiger partial charge in [0.05, 0.1) is 19.3 Å². The van der Waals surface area contributed by atoms with Crippen molar-refractivity contribution in [2.45, 2.75) is 12.2 Å². The van der Waals surface area contributed by atoms with Gasteiger partial charge in [-0.05, 0) is 11.1 Å². The Morgan fingerprint density at radius 2 is 2.00 bits per heavy atom. The van der Waals surface area contributed by atoms with Crippen molar-refractivity contribution >= 4 is 21.9 Å². The Kier molecular flexibility index (Phi) is 5.09. The number of sulfone groups is 1. The first-order valence-electron chi connectivity index (χ1n) is 5.41. The van der Waals surface area contributed by atoms with Crippen LogP contribution in [0.4, 0.5) is 0 Å². The van der Waals surface area contributed by atoms with Crippen molar-refractivity contribution in [1.29, 1.82) is 0 Å². The largest absolute Gasteiger partial charge is 0.469 e. The van der Waals surface area contributed by atoms with Crippen LogP contribution in [-0.4, -0.2) is 27.8 Å². The van der Waals surface area contributed by atoms with Crippen molar-refractivity contribution in [3.63, 3.8) is 0 Å². The molecule has 0 heterocycles. The van der Waals surface area contributed by atoms with Gasteiger partial charge in [-0.1, -0.05) is 36.4 Å². The van der Waals surface area contributed by atoms with E-state index in [0.717, 1.165) is 11.1 Å². The Balaban J connectivity index is 2.86. The number of hydrogen-bond donors (Lipinski definition) is 0. The standard InChI is InChI=1S/C13H16O4S/c1-17-13(14)9-5-8-11-6-3-4-7-12(11)10-18(2,15)16/h3-8H,9-10H2,1-2H3. The number of carbonyl (C=O) groups excluding carboxylic acids is 1. The van der Waals surface area contributed by atoms with Gasteiger partial charge in [0.2, 0.25) is 0 Å². The summed E-state index contributed by atoms with van der Waals surface area (Å²) in [7, 11) is -1.74. The molecule has 0 bridgehead atoms. The van der Waals surface area contributed by atoms with Crippen molar-refractivity contribution in [1.82, 2.24) is 0 Å². The molecule has 1 aromatic carbocycles. The average Bonchev–Trinajstić information content (AvgIpc) is 2.29. The molecule has 0 aliphatic rings. The van der Waals surface area contributed by atoms with Crippen molar-refractivity contribution < 1.29 is 17.9 Å². The van der Waals surface area contributed by atoms with Gasteiger partial charge in [0, 0.05) is 6.26 Å². The molecule has 0 fully saturated rings. The number of hydrogen-bond acceptors (Lipinski definition) is 4. The summed E-state index contributed by atoms with van der Waals surface area (Å²) in [5.74, 6) is -0.335. The lowest BCUT2D eigenvalue weighted by atomic mass is 10.1. The number of methoxy groups -OCH3 is 1. The molecule has 0 aliphatic carbocycles. The van der Waals surface area contributed by atoms with Crippen LogP contribution >= 0.6 is 0 Å². The zero-order chi connectivity index (χ0) is 13.6. The molecule has 0 spiro atoms. The summed E-state index contributed by atoms with van der Waals surface area (Å²) >= 11 is 0. The molecule has 98 valence electrons. The predicted octanol–water partition coefficient (Wildman–Crippen LogP) is 1.81. The minimum atomic E-state index is -3.07. The normalized spacial score (nSPS) is 11.7. The number of esters is 1. The van der Waals surface area contributed by atoms with E-state index in [2.05, 4.69) is 4.74 Å². The van der Waals surface area contributed by atoms with Gasteiger partial charge in [0.15, 0.2) is 9.84 Å². The van der Waals surface area contributed by atoms with Gasteiger partial charge in [-0.2, -0.15) is 0 Å². The number of rotatable bonds is 5. The van der Waals surface area contributed by atoms with Crippen LogP contribution in [-0.2, 0) is 25.1 Å². The Morgan fingerprint density at radius 3 is 2.61 bits per heavy atom. The fourth-order valence-corrected chi connectivity index (χ4v) is 2.30. The lowest BCUT2D eigenvalue weighted by Gasteiger charge is -2.04. The van der Waals surface area contributed by atoms with E-state index in [1.807, 2.05) is 12.1 Å². The van der Waals surface area contributed by atoms with Crippen molar-refractivity contribution in [2.24, 2.45) is 0 Å². The van der Waals surface area contributed by atoms with Gasteiger partial charge >= 0.3 is 5.97 Å². The number of carbonyl (C=O) groups is 1. The van der Waals surface area contributed by atoms with E-state index in [9.17, 15) is 13.2 Å². The summed E-state index contributed by atoms with van der Waals surface area (Å²) in [5.41, 5.74) is 1.52. The lowest BCUT2D eigenvalue weighted by molar-refractivity contribution is -0.139. The van der Waals surface area contributed by atoms with Gasteiger partial charge < -0.3 is 4.74 Å². The molecule has 0 saturated heterocycles. The minimum Gasteiger partial charge on any atom is -0.469 e. The third-order valence-electron chi connectivity index (χ3n) is 2.28. The van der Waals surface area contributed by atoms with Crippen LogP contribution in [0, 0.1) is 0 Å². The van der Waals surface area contributed by atoms with E-state index in [4.69, 9.17) is 0 Å². The molecule has 0 N–H and O–H groups in total. The van der Waals surface area contributed by atoms with Gasteiger partial charge in [0.25, 0.3) is 0 Å². The van der Waals surface area contributed by atoms with Crippen LogP contribution in [0.1, 0.15) is 17.5 Å². The van der Waals surface area contributed by atoms with E-state index < -0.39 is 9.84 Å². The third kappa shape index (κ3) is 5.14. The summed E-state index contributed by atoms with van der Waals surface area (Å²) < 4.78 is 27.1. The highest BCUT2D eigenvalue weighted by molar-refractivity contribution is 7.89. The molecule has 0 atom stereocenters. The predicted molar refractivity (Wildman–Crippen MR) is 70.7 cm³/mol. The highest BCUT2D eigenvalue weighted by Crippen LogP contribution is 2.14. The molecule has 0 aromatic heterocycles. The molecule has 0 unspecified atom stereocenters. The first-order valence-corrected chi connectivity index (χ1v) is 7.47. The van der Waals surface area contributed by atoms with Gasteiger partial charge in [-0.3, -0.25) is 4.79 Å². The molecule has 0 radical (unpaired) electrons. The second-order valence-electron chi connectivity index (χ2n) is 3.95. The Bertz CT molecular complexity index is 544. The van der Waals surface area contributed by atoms with Crippen LogP contribution in [0.5, 0.6) is 0 Å².